The molecule has 0 heterocycles. The van der Waals surface area contributed by atoms with Gasteiger partial charge in [-0.25, -0.2) is 8.42 Å². The molecule has 0 saturated carbocycles. The van der Waals surface area contributed by atoms with Crippen LogP contribution in [0.4, 0.5) is 11.4 Å². The Kier molecular flexibility index (Phi) is 9.22. The van der Waals surface area contributed by atoms with Crippen LogP contribution in [0.5, 0.6) is 0 Å². The van der Waals surface area contributed by atoms with Crippen LogP contribution < -0.4 is 16.6 Å². The van der Waals surface area contributed by atoms with Gasteiger partial charge < -0.3 is 10.7 Å². The molecule has 0 radical (unpaired) electrons. The van der Waals surface area contributed by atoms with Crippen LogP contribution in [0.15, 0.2) is 40.1 Å². The molecule has 4 N–H and O–H groups in total. The Bertz CT molecular complexity index is 957. The molecule has 0 bridgehead atoms. The topological polar surface area (TPSA) is 127 Å². The highest BCUT2D eigenvalue weighted by Crippen LogP contribution is 2.34. The Morgan fingerprint density at radius 3 is 2.10 bits per heavy atom. The first-order valence-electron chi connectivity index (χ1n) is 9.44. The molecule has 0 unspecified atom stereocenters. The molecule has 0 aliphatic carbocycles. The predicted octanol–water partition coefficient (Wildman–Crippen LogP) is 3.51. The Labute approximate surface area is 172 Å². The maximum Gasteiger partial charge on any atom is 0.294 e. The number of hydrazine groups is 1. The van der Waals surface area contributed by atoms with E-state index in [4.69, 9.17) is 5.84 Å². The number of hydrogen-bond acceptors (Lipinski definition) is 7. The number of nitrogen functional groups attached to an aromatic ring is 1. The van der Waals surface area contributed by atoms with Gasteiger partial charge in [0.15, 0.2) is 0 Å². The van der Waals surface area contributed by atoms with Gasteiger partial charge in [-0.15, -0.1) is 0 Å². The van der Waals surface area contributed by atoms with E-state index in [1.807, 2.05) is 19.9 Å². The summed E-state index contributed by atoms with van der Waals surface area (Å²) in [5, 5.41) is 14.3. The van der Waals surface area contributed by atoms with Gasteiger partial charge in [0, 0.05) is 6.07 Å². The molecule has 0 aromatic heterocycles. The number of nitrogens with zero attached hydrogens (tertiary/aromatic N) is 1. The number of sulfone groups is 1. The molecule has 29 heavy (non-hydrogen) atoms. The van der Waals surface area contributed by atoms with E-state index in [-0.39, 0.29) is 21.2 Å². The molecule has 0 spiro atoms. The molecule has 0 aliphatic heterocycles. The van der Waals surface area contributed by atoms with E-state index < -0.39 is 14.8 Å². The zero-order chi connectivity index (χ0) is 22.2. The SMILES string of the molecule is CCNCC.CCc1cc(C)ccc1S(=O)(=O)c1cc([N+](=O)[O-])c(NN)cc1C. The lowest BCUT2D eigenvalue weighted by atomic mass is 10.1. The van der Waals surface area contributed by atoms with Crippen molar-refractivity contribution in [2.75, 3.05) is 18.5 Å². The molecule has 160 valence electrons. The average molecular weight is 423 g/mol. The minimum atomic E-state index is -3.88. The second-order valence-corrected chi connectivity index (χ2v) is 8.35. The van der Waals surface area contributed by atoms with E-state index in [1.165, 1.54) is 6.07 Å². The lowest BCUT2D eigenvalue weighted by Gasteiger charge is -2.13. The van der Waals surface area contributed by atoms with Gasteiger partial charge in [-0.3, -0.25) is 16.0 Å². The summed E-state index contributed by atoms with van der Waals surface area (Å²) >= 11 is 0. The quantitative estimate of drug-likeness (QED) is 0.354. The lowest BCUT2D eigenvalue weighted by molar-refractivity contribution is -0.384. The van der Waals surface area contributed by atoms with E-state index in [2.05, 4.69) is 24.6 Å². The van der Waals surface area contributed by atoms with Crippen molar-refractivity contribution in [2.45, 2.75) is 50.8 Å². The van der Waals surface area contributed by atoms with Crippen LogP contribution in [-0.2, 0) is 16.3 Å². The molecular weight excluding hydrogens is 392 g/mol. The molecule has 2 aromatic rings. The van der Waals surface area contributed by atoms with Crippen molar-refractivity contribution in [3.63, 3.8) is 0 Å². The fourth-order valence-electron chi connectivity index (χ4n) is 2.85. The summed E-state index contributed by atoms with van der Waals surface area (Å²) in [5.74, 6) is 5.29. The third-order valence-electron chi connectivity index (χ3n) is 4.32. The van der Waals surface area contributed by atoms with Crippen molar-refractivity contribution >= 4 is 21.2 Å². The summed E-state index contributed by atoms with van der Waals surface area (Å²) in [6.45, 7) is 11.7. The lowest BCUT2D eigenvalue weighted by Crippen LogP contribution is -2.12. The van der Waals surface area contributed by atoms with Crippen LogP contribution in [-0.4, -0.2) is 26.4 Å². The smallest absolute Gasteiger partial charge is 0.294 e. The Morgan fingerprint density at radius 1 is 1.03 bits per heavy atom. The summed E-state index contributed by atoms with van der Waals surface area (Å²) in [5.41, 5.74) is 3.93. The first-order chi connectivity index (χ1) is 13.6. The highest BCUT2D eigenvalue weighted by atomic mass is 32.2. The average Bonchev–Trinajstić information content (AvgIpc) is 2.67. The van der Waals surface area contributed by atoms with Crippen LogP contribution >= 0.6 is 0 Å². The number of hydrogen-bond donors (Lipinski definition) is 3. The Morgan fingerprint density at radius 2 is 1.66 bits per heavy atom. The number of nitrogens with one attached hydrogen (secondary N) is 2. The van der Waals surface area contributed by atoms with Gasteiger partial charge in [0.1, 0.15) is 5.69 Å². The summed E-state index contributed by atoms with van der Waals surface area (Å²) in [6, 6.07) is 7.49. The third kappa shape index (κ3) is 5.99. The Hall–Kier alpha value is -2.49. The van der Waals surface area contributed by atoms with Crippen molar-refractivity contribution in [3.8, 4) is 0 Å². The van der Waals surface area contributed by atoms with Gasteiger partial charge in [-0.1, -0.05) is 38.5 Å². The number of nitro benzene ring substituents is 1. The second-order valence-electron chi connectivity index (χ2n) is 6.46. The summed E-state index contributed by atoms with van der Waals surface area (Å²) < 4.78 is 26.1. The molecule has 2 rings (SSSR count). The monoisotopic (exact) mass is 422 g/mol. The highest BCUT2D eigenvalue weighted by Gasteiger charge is 2.27. The van der Waals surface area contributed by atoms with Gasteiger partial charge in [-0.05, 0) is 56.6 Å². The maximum absolute atomic E-state index is 13.0. The van der Waals surface area contributed by atoms with Gasteiger partial charge in [-0.2, -0.15) is 0 Å². The van der Waals surface area contributed by atoms with E-state index in [9.17, 15) is 18.5 Å². The third-order valence-corrected chi connectivity index (χ3v) is 6.32. The first-order valence-corrected chi connectivity index (χ1v) is 10.9. The van der Waals surface area contributed by atoms with Crippen molar-refractivity contribution in [2.24, 2.45) is 5.84 Å². The highest BCUT2D eigenvalue weighted by molar-refractivity contribution is 7.91. The fourth-order valence-corrected chi connectivity index (χ4v) is 4.63. The number of nitro groups is 1. The summed E-state index contributed by atoms with van der Waals surface area (Å²) in [4.78, 5) is 10.6. The molecule has 0 atom stereocenters. The molecule has 0 aliphatic rings. The van der Waals surface area contributed by atoms with Gasteiger partial charge >= 0.3 is 0 Å². The number of nitrogens with two attached hydrogens (primary N) is 1. The number of aryl methyl sites for hydroxylation is 3. The summed E-state index contributed by atoms with van der Waals surface area (Å²) in [6.07, 6.45) is 0.541. The van der Waals surface area contributed by atoms with Gasteiger partial charge in [0.05, 0.1) is 14.7 Å². The predicted molar refractivity (Wildman–Crippen MR) is 116 cm³/mol. The zero-order valence-corrected chi connectivity index (χ0v) is 18.4. The molecule has 9 heteroatoms. The zero-order valence-electron chi connectivity index (χ0n) is 17.6. The minimum Gasteiger partial charge on any atom is -0.318 e. The molecule has 0 amide bonds. The standard InChI is InChI=1S/C16H19N3O4S.C4H11N/c1-4-12-7-10(2)5-6-15(12)24(22,23)16-9-14(19(20)21)13(18-17)8-11(16)3;1-3-5-4-2/h5-9,18H,4,17H2,1-3H3;5H,3-4H2,1-2H3. The number of benzene rings is 2. The summed E-state index contributed by atoms with van der Waals surface area (Å²) in [7, 11) is -3.88. The molecule has 0 saturated heterocycles. The van der Waals surface area contributed by atoms with E-state index in [0.717, 1.165) is 24.7 Å². The number of rotatable bonds is 7. The van der Waals surface area contributed by atoms with Crippen molar-refractivity contribution in [1.82, 2.24) is 5.32 Å². The van der Waals surface area contributed by atoms with Gasteiger partial charge in [0.2, 0.25) is 9.84 Å². The van der Waals surface area contributed by atoms with E-state index >= 15 is 0 Å². The molecule has 0 fully saturated rings. The molecule has 2 aromatic carbocycles. The Balaban J connectivity index is 0.000000749. The largest absolute Gasteiger partial charge is 0.318 e. The van der Waals surface area contributed by atoms with Gasteiger partial charge in [0.25, 0.3) is 5.69 Å². The molecular formula is C20H30N4O4S. The van der Waals surface area contributed by atoms with Crippen molar-refractivity contribution in [3.05, 3.63) is 57.1 Å². The van der Waals surface area contributed by atoms with Crippen LogP contribution in [0.2, 0.25) is 0 Å². The fraction of sp³-hybridized carbons (Fsp3) is 0.400. The van der Waals surface area contributed by atoms with Crippen LogP contribution in [0.25, 0.3) is 0 Å². The van der Waals surface area contributed by atoms with Crippen LogP contribution in [0, 0.1) is 24.0 Å². The van der Waals surface area contributed by atoms with Crippen LogP contribution in [0.1, 0.15) is 37.5 Å². The van der Waals surface area contributed by atoms with E-state index in [0.29, 0.717) is 17.5 Å². The number of anilines is 1. The molecule has 8 nitrogen and oxygen atoms in total. The maximum atomic E-state index is 13.0. The van der Waals surface area contributed by atoms with Crippen molar-refractivity contribution in [1.29, 1.82) is 0 Å². The minimum absolute atomic E-state index is 0.0658. The van der Waals surface area contributed by atoms with Crippen molar-refractivity contribution < 1.29 is 13.3 Å². The normalized spacial score (nSPS) is 10.8. The second kappa shape index (κ2) is 10.9. The van der Waals surface area contributed by atoms with E-state index in [1.54, 1.807) is 19.1 Å². The van der Waals surface area contributed by atoms with Crippen LogP contribution in [0.3, 0.4) is 0 Å². The first kappa shape index (κ1) is 24.5.